The molecule has 15 atom stereocenters. The van der Waals surface area contributed by atoms with Crippen LogP contribution in [0, 0.1) is 0 Å². The van der Waals surface area contributed by atoms with Crippen LogP contribution in [0.2, 0.25) is 0 Å². The van der Waals surface area contributed by atoms with E-state index in [2.05, 4.69) is 6.92 Å². The first-order chi connectivity index (χ1) is 26.0. The van der Waals surface area contributed by atoms with E-state index in [-0.39, 0.29) is 0 Å². The molecule has 3 saturated heterocycles. The van der Waals surface area contributed by atoms with Gasteiger partial charge >= 0.3 is 23.9 Å². The van der Waals surface area contributed by atoms with Gasteiger partial charge in [0.05, 0.1) is 18.3 Å². The number of hydrogen-bond acceptors (Lipinski definition) is 17. The van der Waals surface area contributed by atoms with Crippen LogP contribution in [0.1, 0.15) is 120 Å². The molecule has 3 N–H and O–H groups in total. The molecule has 3 fully saturated rings. The summed E-state index contributed by atoms with van der Waals surface area (Å²) in [5, 5.41) is 33.8. The Balaban J connectivity index is 1.69. The number of aliphatic hydroxyl groups excluding tert-OH is 3. The zero-order valence-corrected chi connectivity index (χ0v) is 33.5. The minimum Gasteiger partial charge on any atom is -0.457 e. The molecule has 0 aromatic heterocycles. The van der Waals surface area contributed by atoms with E-state index in [1.807, 2.05) is 0 Å². The number of carbonyl (C=O) groups excluding carboxylic acids is 4. The second kappa shape index (κ2) is 23.1. The van der Waals surface area contributed by atoms with Gasteiger partial charge in [0.1, 0.15) is 30.5 Å². The fourth-order valence-electron chi connectivity index (χ4n) is 7.12. The lowest BCUT2D eigenvalue weighted by atomic mass is 9.96. The number of unbranched alkanes of at least 4 members (excludes halogenated alkanes) is 9. The van der Waals surface area contributed by atoms with Gasteiger partial charge in [-0.25, -0.2) is 0 Å². The summed E-state index contributed by atoms with van der Waals surface area (Å²) in [6, 6.07) is 0. The smallest absolute Gasteiger partial charge is 0.303 e. The van der Waals surface area contributed by atoms with Crippen LogP contribution in [0.4, 0.5) is 0 Å². The second-order valence-corrected chi connectivity index (χ2v) is 14.7. The third-order valence-electron chi connectivity index (χ3n) is 9.83. The lowest BCUT2D eigenvalue weighted by molar-refractivity contribution is -0.374. The quantitative estimate of drug-likeness (QED) is 0.0916. The largest absolute Gasteiger partial charge is 0.457 e. The van der Waals surface area contributed by atoms with Crippen molar-refractivity contribution in [1.29, 1.82) is 0 Å². The maximum absolute atomic E-state index is 12.3. The van der Waals surface area contributed by atoms with Crippen LogP contribution in [0.5, 0.6) is 0 Å². The summed E-state index contributed by atoms with van der Waals surface area (Å²) < 4.78 is 57.6. The van der Waals surface area contributed by atoms with E-state index < -0.39 is 116 Å². The van der Waals surface area contributed by atoms with Crippen LogP contribution in [0.25, 0.3) is 0 Å². The first-order valence-electron chi connectivity index (χ1n) is 19.7. The molecule has 318 valence electrons. The predicted molar refractivity (Wildman–Crippen MR) is 191 cm³/mol. The highest BCUT2D eigenvalue weighted by molar-refractivity contribution is 5.68. The van der Waals surface area contributed by atoms with Gasteiger partial charge in [-0.2, -0.15) is 0 Å². The summed E-state index contributed by atoms with van der Waals surface area (Å²) in [6.45, 7) is 11.7. The monoisotopic (exact) mass is 792 g/mol. The molecule has 17 heteroatoms. The summed E-state index contributed by atoms with van der Waals surface area (Å²) in [5.74, 6) is -3.06. The minimum absolute atomic E-state index is 0.331. The third kappa shape index (κ3) is 14.1. The highest BCUT2D eigenvalue weighted by Gasteiger charge is 2.56. The van der Waals surface area contributed by atoms with Gasteiger partial charge < -0.3 is 62.7 Å². The highest BCUT2D eigenvalue weighted by atomic mass is 16.8. The second-order valence-electron chi connectivity index (χ2n) is 14.7. The van der Waals surface area contributed by atoms with Gasteiger partial charge in [0.2, 0.25) is 0 Å². The van der Waals surface area contributed by atoms with E-state index in [9.17, 15) is 34.5 Å². The number of esters is 4. The molecule has 0 unspecified atom stereocenters. The predicted octanol–water partition coefficient (Wildman–Crippen LogP) is 2.74. The molecule has 0 saturated carbocycles. The van der Waals surface area contributed by atoms with Crippen molar-refractivity contribution >= 4 is 23.9 Å². The summed E-state index contributed by atoms with van der Waals surface area (Å²) in [7, 11) is 0. The summed E-state index contributed by atoms with van der Waals surface area (Å²) in [6.07, 6.45) is -8.39. The highest BCUT2D eigenvalue weighted by Crippen LogP contribution is 2.35. The molecular weight excluding hydrogens is 728 g/mol. The van der Waals surface area contributed by atoms with Crippen molar-refractivity contribution in [3.63, 3.8) is 0 Å². The van der Waals surface area contributed by atoms with Gasteiger partial charge in [0.25, 0.3) is 0 Å². The van der Waals surface area contributed by atoms with Crippen LogP contribution in [-0.4, -0.2) is 138 Å². The molecule has 0 spiro atoms. The van der Waals surface area contributed by atoms with E-state index in [1.54, 1.807) is 6.92 Å². The Morgan fingerprint density at radius 1 is 0.455 bits per heavy atom. The number of ether oxygens (including phenoxy) is 10. The molecule has 3 heterocycles. The molecule has 0 aromatic rings. The zero-order valence-electron chi connectivity index (χ0n) is 33.5. The lowest BCUT2D eigenvalue weighted by Crippen LogP contribution is -2.66. The van der Waals surface area contributed by atoms with Crippen LogP contribution in [-0.2, 0) is 66.5 Å². The minimum atomic E-state index is -1.75. The van der Waals surface area contributed by atoms with Crippen molar-refractivity contribution in [2.75, 3.05) is 6.61 Å². The van der Waals surface area contributed by atoms with Crippen molar-refractivity contribution < 1.29 is 81.9 Å². The van der Waals surface area contributed by atoms with Crippen molar-refractivity contribution in [3.05, 3.63) is 0 Å². The van der Waals surface area contributed by atoms with E-state index in [1.165, 1.54) is 52.4 Å². The molecule has 0 aliphatic carbocycles. The molecule has 0 amide bonds. The average Bonchev–Trinajstić information content (AvgIpc) is 3.10. The first-order valence-corrected chi connectivity index (χ1v) is 19.7. The summed E-state index contributed by atoms with van der Waals surface area (Å²) >= 11 is 0. The van der Waals surface area contributed by atoms with E-state index in [4.69, 9.17) is 47.4 Å². The number of carbonyl (C=O) groups is 4. The van der Waals surface area contributed by atoms with Gasteiger partial charge in [-0.05, 0) is 27.2 Å². The number of aliphatic hydroxyl groups is 3. The average molecular weight is 793 g/mol. The molecular formula is C38H64O17. The normalized spacial score (nSPS) is 36.5. The van der Waals surface area contributed by atoms with E-state index in [0.717, 1.165) is 53.4 Å². The van der Waals surface area contributed by atoms with Crippen LogP contribution < -0.4 is 0 Å². The van der Waals surface area contributed by atoms with Gasteiger partial charge in [-0.15, -0.1) is 0 Å². The molecule has 3 aliphatic heterocycles. The third-order valence-corrected chi connectivity index (χ3v) is 9.83. The van der Waals surface area contributed by atoms with Gasteiger partial charge in [0, 0.05) is 34.3 Å². The molecule has 3 rings (SSSR count). The van der Waals surface area contributed by atoms with Crippen molar-refractivity contribution in [1.82, 2.24) is 0 Å². The van der Waals surface area contributed by atoms with E-state index >= 15 is 0 Å². The van der Waals surface area contributed by atoms with Crippen molar-refractivity contribution in [2.45, 2.75) is 212 Å². The van der Waals surface area contributed by atoms with Crippen LogP contribution >= 0.6 is 0 Å². The Bertz CT molecular complexity index is 1200. The van der Waals surface area contributed by atoms with Crippen molar-refractivity contribution in [3.8, 4) is 0 Å². The number of rotatable bonds is 20. The Morgan fingerprint density at radius 3 is 1.38 bits per heavy atom. The lowest BCUT2D eigenvalue weighted by Gasteiger charge is -2.49. The number of hydrogen-bond donors (Lipinski definition) is 3. The van der Waals surface area contributed by atoms with Crippen LogP contribution in [0.3, 0.4) is 0 Å². The fraction of sp³-hybridized carbons (Fsp3) is 0.895. The Kier molecular flexibility index (Phi) is 19.7. The Morgan fingerprint density at radius 2 is 0.855 bits per heavy atom. The maximum Gasteiger partial charge on any atom is 0.303 e. The van der Waals surface area contributed by atoms with Gasteiger partial charge in [0.15, 0.2) is 43.3 Å². The zero-order chi connectivity index (χ0) is 40.8. The molecule has 3 aliphatic rings. The Hall–Kier alpha value is -2.48. The van der Waals surface area contributed by atoms with Gasteiger partial charge in [-0.1, -0.05) is 64.7 Å². The topological polar surface area (TPSA) is 221 Å². The maximum atomic E-state index is 12.3. The SMILES string of the molecule is CCCCCCCCCCCCO[C@@H]1O[C@@H](C)[C@H](O[C@@H]2O[C@@H](C)[C@H](OC(C)=O)[C@@H](O[C@@H]3O[C@@H](C)[C@H](OC(C)=O)[C@@H](OC(C)=O)[C@H]3OC(C)=O)[C@H]2O)[C@H](O)[C@H]1O. The summed E-state index contributed by atoms with van der Waals surface area (Å²) in [4.78, 5) is 48.5. The standard InChI is InChI=1S/C38H64O17/c1-9-10-11-12-13-14-15-16-17-18-19-46-36-28(44)27(43)30(20(2)47-36)54-37-29(45)33(31(21(3)48-37)50-23(5)39)55-38-35(53-26(8)42)34(52-25(7)41)32(22(4)49-38)51-24(6)40/h20-22,27-38,43-45H,9-19H2,1-8H3/t20-,21-,22-,27+,28+,29+,30-,31-,32-,33-,34+,35+,36+,37-,38-/m0/s1. The summed E-state index contributed by atoms with van der Waals surface area (Å²) in [5.41, 5.74) is 0. The molecule has 55 heavy (non-hydrogen) atoms. The first kappa shape index (κ1) is 46.9. The fourth-order valence-corrected chi connectivity index (χ4v) is 7.12. The molecule has 0 radical (unpaired) electrons. The molecule has 0 bridgehead atoms. The molecule has 17 nitrogen and oxygen atoms in total. The van der Waals surface area contributed by atoms with Crippen molar-refractivity contribution in [2.24, 2.45) is 0 Å². The Labute approximate surface area is 323 Å². The van der Waals surface area contributed by atoms with Gasteiger partial charge in [-0.3, -0.25) is 19.2 Å². The van der Waals surface area contributed by atoms with E-state index in [0.29, 0.717) is 6.61 Å². The van der Waals surface area contributed by atoms with Crippen LogP contribution in [0.15, 0.2) is 0 Å². The molecule has 0 aromatic carbocycles.